The zero-order valence-electron chi connectivity index (χ0n) is 16.5. The first-order valence-electron chi connectivity index (χ1n) is 9.51. The number of amides is 1. The summed E-state index contributed by atoms with van der Waals surface area (Å²) in [5.41, 5.74) is 7.58. The summed E-state index contributed by atoms with van der Waals surface area (Å²) in [7, 11) is 0. The van der Waals surface area contributed by atoms with Crippen LogP contribution in [0.3, 0.4) is 0 Å². The number of hydrogen-bond acceptors (Lipinski definition) is 6. The van der Waals surface area contributed by atoms with Crippen molar-refractivity contribution in [1.29, 1.82) is 0 Å². The first-order valence-corrected chi connectivity index (χ1v) is 11.2. The van der Waals surface area contributed by atoms with Gasteiger partial charge in [0, 0.05) is 18.0 Å². The van der Waals surface area contributed by atoms with Crippen LogP contribution in [-0.2, 0) is 6.54 Å². The average molecular weight is 431 g/mol. The molecule has 0 aliphatic carbocycles. The molecule has 1 amide bonds. The molecule has 0 radical (unpaired) electrons. The Morgan fingerprint density at radius 2 is 2.00 bits per heavy atom. The second-order valence-electron chi connectivity index (χ2n) is 7.14. The van der Waals surface area contributed by atoms with Crippen molar-refractivity contribution in [2.75, 3.05) is 4.90 Å². The lowest BCUT2D eigenvalue weighted by Crippen LogP contribution is -2.30. The van der Waals surface area contributed by atoms with E-state index in [0.717, 1.165) is 31.6 Å². The van der Waals surface area contributed by atoms with Crippen molar-refractivity contribution in [3.63, 3.8) is 0 Å². The van der Waals surface area contributed by atoms with Crippen LogP contribution in [0.25, 0.3) is 20.4 Å². The molecule has 0 saturated carbocycles. The molecule has 2 aromatic carbocycles. The first-order chi connectivity index (χ1) is 14.6. The summed E-state index contributed by atoms with van der Waals surface area (Å²) in [6.07, 6.45) is 3.52. The Labute approximate surface area is 181 Å². The summed E-state index contributed by atoms with van der Waals surface area (Å²) in [5.74, 6) is -0.0809. The molecule has 0 bridgehead atoms. The second-order valence-corrected chi connectivity index (χ2v) is 9.03. The zero-order valence-corrected chi connectivity index (χ0v) is 18.1. The molecule has 0 N–H and O–H groups in total. The van der Waals surface area contributed by atoms with E-state index in [4.69, 9.17) is 4.98 Å². The molecule has 5 aromatic rings. The smallest absolute Gasteiger partial charge is 0.260 e. The molecule has 30 heavy (non-hydrogen) atoms. The van der Waals surface area contributed by atoms with Crippen LogP contribution < -0.4 is 4.90 Å². The number of hydrogen-bond donors (Lipinski definition) is 0. The van der Waals surface area contributed by atoms with Crippen molar-refractivity contribution in [2.24, 2.45) is 0 Å². The van der Waals surface area contributed by atoms with E-state index in [-0.39, 0.29) is 5.91 Å². The molecule has 3 heterocycles. The minimum Gasteiger partial charge on any atom is -0.279 e. The van der Waals surface area contributed by atoms with Gasteiger partial charge in [-0.05, 0) is 60.9 Å². The van der Waals surface area contributed by atoms with Crippen LogP contribution in [0.1, 0.15) is 27.0 Å². The van der Waals surface area contributed by atoms with Gasteiger partial charge in [-0.15, -0.1) is 11.3 Å². The molecule has 0 spiro atoms. The lowest BCUT2D eigenvalue weighted by atomic mass is 10.1. The fourth-order valence-electron chi connectivity index (χ4n) is 3.37. The predicted molar refractivity (Wildman–Crippen MR) is 123 cm³/mol. The summed E-state index contributed by atoms with van der Waals surface area (Å²) in [4.78, 5) is 28.7. The van der Waals surface area contributed by atoms with E-state index in [1.54, 1.807) is 22.8 Å². The van der Waals surface area contributed by atoms with Crippen LogP contribution in [0.15, 0.2) is 60.4 Å². The number of pyridine rings is 1. The second kappa shape index (κ2) is 7.59. The number of aryl methyl sites for hydroxylation is 2. The normalized spacial score (nSPS) is 11.3. The Morgan fingerprint density at radius 1 is 1.10 bits per heavy atom. The fraction of sp³-hybridized carbons (Fsp3) is 0.130. The van der Waals surface area contributed by atoms with E-state index < -0.39 is 0 Å². The highest BCUT2D eigenvalue weighted by atomic mass is 32.1. The minimum absolute atomic E-state index is 0.0809. The molecule has 0 aliphatic heterocycles. The van der Waals surface area contributed by atoms with Gasteiger partial charge in [0.1, 0.15) is 0 Å². The summed E-state index contributed by atoms with van der Waals surface area (Å²) in [5, 5.41) is 0.692. The number of fused-ring (bicyclic) bond motifs is 2. The highest BCUT2D eigenvalue weighted by Gasteiger charge is 2.23. The zero-order chi connectivity index (χ0) is 20.7. The third kappa shape index (κ3) is 3.36. The number of aromatic nitrogens is 3. The molecule has 0 aliphatic rings. The van der Waals surface area contributed by atoms with Crippen molar-refractivity contribution < 1.29 is 4.79 Å². The van der Waals surface area contributed by atoms with Crippen LogP contribution in [0.2, 0.25) is 0 Å². The van der Waals surface area contributed by atoms with Crippen molar-refractivity contribution in [3.8, 4) is 0 Å². The van der Waals surface area contributed by atoms with Gasteiger partial charge in [-0.3, -0.25) is 14.7 Å². The maximum absolute atomic E-state index is 13.6. The van der Waals surface area contributed by atoms with Crippen molar-refractivity contribution in [1.82, 2.24) is 15.0 Å². The predicted octanol–water partition coefficient (Wildman–Crippen LogP) is 5.76. The topological polar surface area (TPSA) is 59.0 Å². The molecular weight excluding hydrogens is 412 g/mol. The number of benzene rings is 2. The Hall–Kier alpha value is -3.16. The quantitative estimate of drug-likeness (QED) is 0.363. The van der Waals surface area contributed by atoms with E-state index in [9.17, 15) is 4.79 Å². The minimum atomic E-state index is -0.0809. The molecule has 5 rings (SSSR count). The van der Waals surface area contributed by atoms with Crippen molar-refractivity contribution in [2.45, 2.75) is 20.4 Å². The number of nitrogens with zero attached hydrogens (tertiary/aromatic N) is 4. The lowest BCUT2D eigenvalue weighted by Gasteiger charge is -2.20. The molecule has 0 saturated heterocycles. The lowest BCUT2D eigenvalue weighted by molar-refractivity contribution is 0.0985. The van der Waals surface area contributed by atoms with Crippen LogP contribution in [-0.4, -0.2) is 20.9 Å². The molecule has 7 heteroatoms. The first kappa shape index (κ1) is 18.8. The largest absolute Gasteiger partial charge is 0.279 e. The average Bonchev–Trinajstić information content (AvgIpc) is 3.41. The summed E-state index contributed by atoms with van der Waals surface area (Å²) in [6, 6.07) is 13.7. The number of rotatable bonds is 4. The van der Waals surface area contributed by atoms with Gasteiger partial charge >= 0.3 is 0 Å². The monoisotopic (exact) mass is 430 g/mol. The van der Waals surface area contributed by atoms with Gasteiger partial charge in [0.15, 0.2) is 5.13 Å². The molecule has 148 valence electrons. The van der Waals surface area contributed by atoms with Crippen LogP contribution in [0.5, 0.6) is 0 Å². The highest BCUT2D eigenvalue weighted by Crippen LogP contribution is 2.33. The van der Waals surface area contributed by atoms with Crippen molar-refractivity contribution >= 4 is 54.1 Å². The van der Waals surface area contributed by atoms with Crippen LogP contribution in [0.4, 0.5) is 5.13 Å². The molecule has 3 aromatic heterocycles. The molecular formula is C23H18N4OS2. The van der Waals surface area contributed by atoms with Gasteiger partial charge in [0.25, 0.3) is 5.91 Å². The highest BCUT2D eigenvalue weighted by molar-refractivity contribution is 7.22. The number of anilines is 1. The Balaban J connectivity index is 1.61. The van der Waals surface area contributed by atoms with Gasteiger partial charge in [0.2, 0.25) is 0 Å². The number of carbonyl (C=O) groups excluding carboxylic acids is 1. The Bertz CT molecular complexity index is 1370. The molecule has 0 fully saturated rings. The van der Waals surface area contributed by atoms with E-state index in [1.807, 2.05) is 30.3 Å². The third-order valence-corrected chi connectivity index (χ3v) is 7.03. The van der Waals surface area contributed by atoms with Gasteiger partial charge in [0.05, 0.1) is 32.5 Å². The van der Waals surface area contributed by atoms with E-state index >= 15 is 0 Å². The summed E-state index contributed by atoms with van der Waals surface area (Å²) >= 11 is 3.07. The summed E-state index contributed by atoms with van der Waals surface area (Å²) < 4.78 is 2.08. The van der Waals surface area contributed by atoms with E-state index in [1.165, 1.54) is 28.2 Å². The van der Waals surface area contributed by atoms with Gasteiger partial charge < -0.3 is 0 Å². The van der Waals surface area contributed by atoms with Gasteiger partial charge in [-0.1, -0.05) is 23.5 Å². The van der Waals surface area contributed by atoms with Gasteiger partial charge in [-0.2, -0.15) is 0 Å². The maximum Gasteiger partial charge on any atom is 0.260 e. The fourth-order valence-corrected chi connectivity index (χ4v) is 5.11. The third-order valence-electron chi connectivity index (χ3n) is 5.19. The standard InChI is InChI=1S/C23H18N4OS2/c1-14-5-8-19-21(15(14)2)26-23(30-19)27(12-16-4-3-9-24-11-16)22(28)17-6-7-18-20(10-17)29-13-25-18/h3-11,13H,12H2,1-2H3. The van der Waals surface area contributed by atoms with Gasteiger partial charge in [-0.25, -0.2) is 9.97 Å². The Kier molecular flexibility index (Phi) is 4.77. The van der Waals surface area contributed by atoms with E-state index in [2.05, 4.69) is 35.9 Å². The number of carbonyl (C=O) groups is 1. The molecule has 0 atom stereocenters. The van der Waals surface area contributed by atoms with Crippen molar-refractivity contribution in [3.05, 3.63) is 82.6 Å². The van der Waals surface area contributed by atoms with E-state index in [0.29, 0.717) is 17.2 Å². The van der Waals surface area contributed by atoms with Crippen LogP contribution >= 0.6 is 22.7 Å². The maximum atomic E-state index is 13.6. The SMILES string of the molecule is Cc1ccc2sc(N(Cc3cccnc3)C(=O)c3ccc4ncsc4c3)nc2c1C. The van der Waals surface area contributed by atoms with Crippen LogP contribution in [0, 0.1) is 13.8 Å². The Morgan fingerprint density at radius 3 is 2.83 bits per heavy atom. The summed E-state index contributed by atoms with van der Waals surface area (Å²) in [6.45, 7) is 4.56. The molecule has 0 unspecified atom stereocenters. The number of thiazole rings is 2. The molecule has 5 nitrogen and oxygen atoms in total.